The van der Waals surface area contributed by atoms with Gasteiger partial charge in [0.15, 0.2) is 0 Å². The van der Waals surface area contributed by atoms with Crippen molar-refractivity contribution >= 4 is 11.8 Å². The Morgan fingerprint density at radius 3 is 2.52 bits per heavy atom. The first-order chi connectivity index (χ1) is 14.0. The summed E-state index contributed by atoms with van der Waals surface area (Å²) in [7, 11) is 0. The van der Waals surface area contributed by atoms with E-state index in [2.05, 4.69) is 16.7 Å². The minimum Gasteiger partial charge on any atom is -0.478 e. The molecule has 0 fully saturated rings. The number of Topliss-reactive ketones (excluding diaryl/α,β-unsaturated/α-hetero) is 1. The number of nitrogens with zero attached hydrogens (tertiary/aromatic N) is 3. The van der Waals surface area contributed by atoms with Gasteiger partial charge in [-0.05, 0) is 29.2 Å². The van der Waals surface area contributed by atoms with Gasteiger partial charge in [-0.3, -0.25) is 4.79 Å². The van der Waals surface area contributed by atoms with Gasteiger partial charge in [-0.25, -0.2) is 14.5 Å². The number of hydrogen-bond acceptors (Lipinski definition) is 4. The van der Waals surface area contributed by atoms with Crippen LogP contribution in [0.3, 0.4) is 0 Å². The standard InChI is InChI=1S/C23H23N3O3/c1-3-5-14-26-21(24-22(25-26)20(27)4-2)15-16-10-12-17(13-11-16)18-8-6-7-9-19(18)23(28)29/h3,6-13H,1,4-5,14-15H2,2H3,(H,28,29). The first-order valence-corrected chi connectivity index (χ1v) is 9.53. The number of carbonyl (C=O) groups excluding carboxylic acids is 1. The summed E-state index contributed by atoms with van der Waals surface area (Å²) in [4.78, 5) is 27.9. The number of aromatic nitrogens is 3. The van der Waals surface area contributed by atoms with Gasteiger partial charge in [-0.2, -0.15) is 0 Å². The third-order valence-electron chi connectivity index (χ3n) is 4.65. The van der Waals surface area contributed by atoms with Crippen molar-refractivity contribution in [1.82, 2.24) is 14.8 Å². The van der Waals surface area contributed by atoms with Gasteiger partial charge in [-0.1, -0.05) is 55.5 Å². The molecule has 0 radical (unpaired) electrons. The smallest absolute Gasteiger partial charge is 0.336 e. The van der Waals surface area contributed by atoms with Crippen LogP contribution in [0.25, 0.3) is 11.1 Å². The number of ketones is 1. The lowest BCUT2D eigenvalue weighted by molar-refractivity contribution is 0.0697. The van der Waals surface area contributed by atoms with Crippen molar-refractivity contribution in [2.24, 2.45) is 0 Å². The molecular formula is C23H23N3O3. The topological polar surface area (TPSA) is 85.1 Å². The molecule has 0 saturated carbocycles. The molecule has 0 bridgehead atoms. The van der Waals surface area contributed by atoms with Crippen LogP contribution in [0.4, 0.5) is 0 Å². The maximum Gasteiger partial charge on any atom is 0.336 e. The zero-order valence-electron chi connectivity index (χ0n) is 16.3. The molecule has 0 atom stereocenters. The molecule has 148 valence electrons. The number of allylic oxidation sites excluding steroid dienone is 1. The molecule has 0 spiro atoms. The molecule has 0 unspecified atom stereocenters. The number of aromatic carboxylic acids is 1. The van der Waals surface area contributed by atoms with Crippen molar-refractivity contribution in [2.45, 2.75) is 32.7 Å². The van der Waals surface area contributed by atoms with Crippen LogP contribution in [0, 0.1) is 0 Å². The lowest BCUT2D eigenvalue weighted by atomic mass is 9.98. The first kappa shape index (κ1) is 20.2. The maximum absolute atomic E-state index is 12.0. The largest absolute Gasteiger partial charge is 0.478 e. The molecule has 2 aromatic carbocycles. The molecule has 0 aliphatic rings. The molecule has 6 heteroatoms. The molecule has 1 N–H and O–H groups in total. The van der Waals surface area contributed by atoms with E-state index in [1.165, 1.54) is 0 Å². The summed E-state index contributed by atoms with van der Waals surface area (Å²) in [6.07, 6.45) is 3.44. The molecule has 29 heavy (non-hydrogen) atoms. The fourth-order valence-electron chi connectivity index (χ4n) is 3.08. The van der Waals surface area contributed by atoms with Crippen LogP contribution in [-0.2, 0) is 13.0 Å². The average Bonchev–Trinajstić information content (AvgIpc) is 3.14. The highest BCUT2D eigenvalue weighted by Gasteiger charge is 2.15. The van der Waals surface area contributed by atoms with E-state index in [4.69, 9.17) is 0 Å². The van der Waals surface area contributed by atoms with Gasteiger partial charge in [0, 0.05) is 19.4 Å². The SMILES string of the molecule is C=CCCn1nc(C(=O)CC)nc1Cc1ccc(-c2ccccc2C(=O)O)cc1. The predicted molar refractivity (Wildman–Crippen MR) is 111 cm³/mol. The van der Waals surface area contributed by atoms with Gasteiger partial charge in [0.2, 0.25) is 11.6 Å². The van der Waals surface area contributed by atoms with E-state index in [1.807, 2.05) is 36.4 Å². The molecule has 1 aromatic heterocycles. The van der Waals surface area contributed by atoms with Gasteiger partial charge in [0.05, 0.1) is 5.56 Å². The molecular weight excluding hydrogens is 366 g/mol. The van der Waals surface area contributed by atoms with Crippen LogP contribution >= 0.6 is 0 Å². The Morgan fingerprint density at radius 2 is 1.86 bits per heavy atom. The van der Waals surface area contributed by atoms with Gasteiger partial charge in [-0.15, -0.1) is 11.7 Å². The van der Waals surface area contributed by atoms with Crippen molar-refractivity contribution in [3.63, 3.8) is 0 Å². The van der Waals surface area contributed by atoms with E-state index in [0.717, 1.165) is 23.4 Å². The fourth-order valence-corrected chi connectivity index (χ4v) is 3.08. The molecule has 0 saturated heterocycles. The Bertz CT molecular complexity index is 1040. The molecule has 0 amide bonds. The predicted octanol–water partition coefficient (Wildman–Crippen LogP) is 4.40. The second kappa shape index (κ2) is 9.10. The number of carboxylic acids is 1. The second-order valence-electron chi connectivity index (χ2n) is 6.65. The molecule has 6 nitrogen and oxygen atoms in total. The highest BCUT2D eigenvalue weighted by atomic mass is 16.4. The van der Waals surface area contributed by atoms with Gasteiger partial charge < -0.3 is 5.11 Å². The molecule has 1 heterocycles. The summed E-state index contributed by atoms with van der Waals surface area (Å²) < 4.78 is 1.76. The van der Waals surface area contributed by atoms with Crippen LogP contribution in [0.1, 0.15) is 52.1 Å². The van der Waals surface area contributed by atoms with Crippen molar-refractivity contribution in [3.05, 3.63) is 84.0 Å². The highest BCUT2D eigenvalue weighted by molar-refractivity contribution is 5.96. The number of hydrogen-bond donors (Lipinski definition) is 1. The zero-order chi connectivity index (χ0) is 20.8. The maximum atomic E-state index is 12.0. The van der Waals surface area contributed by atoms with Crippen molar-refractivity contribution in [1.29, 1.82) is 0 Å². The molecule has 3 rings (SSSR count). The quantitative estimate of drug-likeness (QED) is 0.433. The summed E-state index contributed by atoms with van der Waals surface area (Å²) in [6, 6.07) is 14.6. The van der Waals surface area contributed by atoms with Crippen LogP contribution in [0.2, 0.25) is 0 Å². The van der Waals surface area contributed by atoms with Crippen molar-refractivity contribution in [3.8, 4) is 11.1 Å². The van der Waals surface area contributed by atoms with E-state index in [0.29, 0.717) is 24.9 Å². The average molecular weight is 389 g/mol. The summed E-state index contributed by atoms with van der Waals surface area (Å²) in [6.45, 7) is 6.14. The first-order valence-electron chi connectivity index (χ1n) is 9.53. The minimum absolute atomic E-state index is 0.0794. The lowest BCUT2D eigenvalue weighted by Crippen LogP contribution is -2.06. The number of carboxylic acid groups (broad SMARTS) is 1. The van der Waals surface area contributed by atoms with E-state index in [-0.39, 0.29) is 17.2 Å². The number of benzene rings is 2. The van der Waals surface area contributed by atoms with Crippen LogP contribution in [0.15, 0.2) is 61.2 Å². The molecule has 3 aromatic rings. The van der Waals surface area contributed by atoms with Crippen LogP contribution in [0.5, 0.6) is 0 Å². The Labute approximate surface area is 169 Å². The van der Waals surface area contributed by atoms with Gasteiger partial charge in [0.1, 0.15) is 5.82 Å². The Kier molecular flexibility index (Phi) is 6.34. The normalized spacial score (nSPS) is 10.7. The van der Waals surface area contributed by atoms with Gasteiger partial charge >= 0.3 is 5.97 Å². The Balaban J connectivity index is 1.86. The fraction of sp³-hybridized carbons (Fsp3) is 0.217. The summed E-state index contributed by atoms with van der Waals surface area (Å²) in [5.74, 6) is -0.0572. The van der Waals surface area contributed by atoms with Crippen molar-refractivity contribution in [2.75, 3.05) is 0 Å². The van der Waals surface area contributed by atoms with Crippen LogP contribution in [-0.4, -0.2) is 31.6 Å². The number of aryl methyl sites for hydroxylation is 1. The zero-order valence-corrected chi connectivity index (χ0v) is 16.3. The van der Waals surface area contributed by atoms with Crippen molar-refractivity contribution < 1.29 is 14.7 Å². The second-order valence-corrected chi connectivity index (χ2v) is 6.65. The van der Waals surface area contributed by atoms with Gasteiger partial charge in [0.25, 0.3) is 0 Å². The highest BCUT2D eigenvalue weighted by Crippen LogP contribution is 2.24. The van der Waals surface area contributed by atoms with E-state index < -0.39 is 5.97 Å². The number of carbonyl (C=O) groups is 2. The summed E-state index contributed by atoms with van der Waals surface area (Å²) in [5, 5.41) is 13.7. The van der Waals surface area contributed by atoms with E-state index in [9.17, 15) is 14.7 Å². The van der Waals surface area contributed by atoms with Crippen LogP contribution < -0.4 is 0 Å². The third-order valence-corrected chi connectivity index (χ3v) is 4.65. The lowest BCUT2D eigenvalue weighted by Gasteiger charge is -2.08. The number of rotatable bonds is 9. The molecule has 0 aliphatic heterocycles. The summed E-state index contributed by atoms with van der Waals surface area (Å²) >= 11 is 0. The molecule has 0 aliphatic carbocycles. The third kappa shape index (κ3) is 4.66. The Hall–Kier alpha value is -3.54. The Morgan fingerprint density at radius 1 is 1.14 bits per heavy atom. The monoisotopic (exact) mass is 389 g/mol. The minimum atomic E-state index is -0.951. The van der Waals surface area contributed by atoms with E-state index >= 15 is 0 Å². The van der Waals surface area contributed by atoms with E-state index in [1.54, 1.807) is 29.8 Å². The summed E-state index contributed by atoms with van der Waals surface area (Å²) in [5.41, 5.74) is 2.79.